The highest BCUT2D eigenvalue weighted by Crippen LogP contribution is 2.34. The molecular formula is C19H32ClNO2. The maximum absolute atomic E-state index is 6.42. The van der Waals surface area contributed by atoms with Crippen molar-refractivity contribution in [2.24, 2.45) is 5.41 Å². The topological polar surface area (TPSA) is 30.5 Å². The van der Waals surface area contributed by atoms with E-state index in [0.29, 0.717) is 23.9 Å². The largest absolute Gasteiger partial charge is 0.493 e. The Morgan fingerprint density at radius 3 is 2.26 bits per heavy atom. The molecule has 0 fully saturated rings. The van der Waals surface area contributed by atoms with E-state index in [0.717, 1.165) is 24.2 Å². The van der Waals surface area contributed by atoms with Crippen LogP contribution in [0.5, 0.6) is 11.5 Å². The number of halogens is 1. The minimum atomic E-state index is 0.0339. The first kappa shape index (κ1) is 20.1. The van der Waals surface area contributed by atoms with Crippen molar-refractivity contribution in [2.75, 3.05) is 13.7 Å². The number of methoxy groups -OCH3 is 1. The molecule has 1 aromatic rings. The van der Waals surface area contributed by atoms with Gasteiger partial charge in [0.2, 0.25) is 0 Å². The fraction of sp³-hybridized carbons (Fsp3) is 0.684. The monoisotopic (exact) mass is 341 g/mol. The minimum Gasteiger partial charge on any atom is -0.493 e. The van der Waals surface area contributed by atoms with Gasteiger partial charge in [0, 0.05) is 23.2 Å². The second-order valence-electron chi connectivity index (χ2n) is 7.92. The van der Waals surface area contributed by atoms with Crippen molar-refractivity contribution in [3.05, 3.63) is 22.7 Å². The summed E-state index contributed by atoms with van der Waals surface area (Å²) in [5, 5.41) is 4.31. The highest BCUT2D eigenvalue weighted by atomic mass is 35.5. The molecule has 0 heterocycles. The van der Waals surface area contributed by atoms with Gasteiger partial charge in [0.05, 0.1) is 13.7 Å². The highest BCUT2D eigenvalue weighted by molar-refractivity contribution is 6.31. The molecule has 1 aromatic carbocycles. The van der Waals surface area contributed by atoms with E-state index < -0.39 is 0 Å². The number of benzene rings is 1. The highest BCUT2D eigenvalue weighted by Gasteiger charge is 2.25. The van der Waals surface area contributed by atoms with Crippen molar-refractivity contribution in [3.63, 3.8) is 0 Å². The van der Waals surface area contributed by atoms with Crippen LogP contribution in [0.4, 0.5) is 0 Å². The predicted octanol–water partition coefficient (Wildman–Crippen LogP) is 5.44. The summed E-state index contributed by atoms with van der Waals surface area (Å²) >= 11 is 6.42. The molecule has 132 valence electrons. The molecule has 0 bridgehead atoms. The molecule has 1 N–H and O–H groups in total. The number of ether oxygens (including phenoxy) is 2. The number of rotatable bonds is 8. The molecule has 4 heteroatoms. The average Bonchev–Trinajstić information content (AvgIpc) is 2.41. The van der Waals surface area contributed by atoms with Gasteiger partial charge in [-0.25, -0.2) is 0 Å². The summed E-state index contributed by atoms with van der Waals surface area (Å²) in [6, 6.07) is 3.82. The van der Waals surface area contributed by atoms with E-state index in [-0.39, 0.29) is 11.0 Å². The number of hydrogen-bond donors (Lipinski definition) is 1. The van der Waals surface area contributed by atoms with E-state index >= 15 is 0 Å². The van der Waals surface area contributed by atoms with Crippen molar-refractivity contribution >= 4 is 11.6 Å². The second kappa shape index (κ2) is 8.25. The maximum Gasteiger partial charge on any atom is 0.162 e. The lowest BCUT2D eigenvalue weighted by molar-refractivity contribution is 0.240. The van der Waals surface area contributed by atoms with E-state index in [4.69, 9.17) is 21.1 Å². The zero-order valence-electron chi connectivity index (χ0n) is 15.7. The molecule has 0 amide bonds. The van der Waals surface area contributed by atoms with Crippen LogP contribution in [0.1, 0.15) is 59.9 Å². The van der Waals surface area contributed by atoms with Crippen LogP contribution in [-0.2, 0) is 6.54 Å². The summed E-state index contributed by atoms with van der Waals surface area (Å²) in [6.07, 6.45) is 2.03. The molecule has 0 aromatic heterocycles. The van der Waals surface area contributed by atoms with Gasteiger partial charge in [0.1, 0.15) is 0 Å². The SMILES string of the molecule is CCCOc1cc(Cl)c(CNC(C)(C)CC(C)(C)C)cc1OC. The van der Waals surface area contributed by atoms with Crippen LogP contribution in [0.3, 0.4) is 0 Å². The van der Waals surface area contributed by atoms with Crippen LogP contribution >= 0.6 is 11.6 Å². The standard InChI is InChI=1S/C19H32ClNO2/c1-8-9-23-17-11-15(20)14(10-16(17)22-7)12-21-19(5,6)13-18(2,3)4/h10-11,21H,8-9,12-13H2,1-7H3. The van der Waals surface area contributed by atoms with Gasteiger partial charge in [-0.15, -0.1) is 0 Å². The van der Waals surface area contributed by atoms with Gasteiger partial charge in [0.15, 0.2) is 11.5 Å². The molecule has 0 unspecified atom stereocenters. The lowest BCUT2D eigenvalue weighted by Gasteiger charge is -2.33. The summed E-state index contributed by atoms with van der Waals surface area (Å²) in [4.78, 5) is 0. The fourth-order valence-electron chi connectivity index (χ4n) is 2.92. The lowest BCUT2D eigenvalue weighted by Crippen LogP contribution is -2.41. The van der Waals surface area contributed by atoms with Gasteiger partial charge in [-0.05, 0) is 43.7 Å². The number of nitrogens with one attached hydrogen (secondary N) is 1. The van der Waals surface area contributed by atoms with Crippen LogP contribution in [0.2, 0.25) is 5.02 Å². The Morgan fingerprint density at radius 1 is 1.09 bits per heavy atom. The zero-order chi connectivity index (χ0) is 17.7. The summed E-state index contributed by atoms with van der Waals surface area (Å²) in [5.74, 6) is 1.44. The Balaban J connectivity index is 2.84. The predicted molar refractivity (Wildman–Crippen MR) is 98.8 cm³/mol. The summed E-state index contributed by atoms with van der Waals surface area (Å²) in [7, 11) is 1.66. The second-order valence-corrected chi connectivity index (χ2v) is 8.33. The van der Waals surface area contributed by atoms with Gasteiger partial charge >= 0.3 is 0 Å². The molecule has 23 heavy (non-hydrogen) atoms. The van der Waals surface area contributed by atoms with Crippen LogP contribution in [0.15, 0.2) is 12.1 Å². The third-order valence-electron chi connectivity index (χ3n) is 3.52. The van der Waals surface area contributed by atoms with Gasteiger partial charge in [0.25, 0.3) is 0 Å². The lowest BCUT2D eigenvalue weighted by atomic mass is 9.82. The van der Waals surface area contributed by atoms with Gasteiger partial charge < -0.3 is 14.8 Å². The van der Waals surface area contributed by atoms with Gasteiger partial charge in [-0.3, -0.25) is 0 Å². The van der Waals surface area contributed by atoms with Crippen LogP contribution in [0.25, 0.3) is 0 Å². The molecule has 0 aliphatic rings. The van der Waals surface area contributed by atoms with E-state index in [1.54, 1.807) is 7.11 Å². The number of hydrogen-bond acceptors (Lipinski definition) is 3. The fourth-order valence-corrected chi connectivity index (χ4v) is 3.14. The summed E-state index contributed by atoms with van der Waals surface area (Å²) in [6.45, 7) is 14.6. The molecular weight excluding hydrogens is 310 g/mol. The maximum atomic E-state index is 6.42. The van der Waals surface area contributed by atoms with Crippen LogP contribution in [0, 0.1) is 5.41 Å². The van der Waals surface area contributed by atoms with Crippen molar-refractivity contribution in [3.8, 4) is 11.5 Å². The van der Waals surface area contributed by atoms with Gasteiger partial charge in [-0.2, -0.15) is 0 Å². The third kappa shape index (κ3) is 7.01. The Morgan fingerprint density at radius 2 is 1.74 bits per heavy atom. The first-order chi connectivity index (χ1) is 10.6. The molecule has 0 atom stereocenters. The van der Waals surface area contributed by atoms with Crippen LogP contribution < -0.4 is 14.8 Å². The summed E-state index contributed by atoms with van der Waals surface area (Å²) < 4.78 is 11.1. The minimum absolute atomic E-state index is 0.0339. The Bertz CT molecular complexity index is 507. The smallest absolute Gasteiger partial charge is 0.162 e. The average molecular weight is 342 g/mol. The van der Waals surface area contributed by atoms with E-state index in [1.807, 2.05) is 12.1 Å². The van der Waals surface area contributed by atoms with E-state index in [9.17, 15) is 0 Å². The van der Waals surface area contributed by atoms with Crippen molar-refractivity contribution in [1.82, 2.24) is 5.32 Å². The van der Waals surface area contributed by atoms with E-state index in [2.05, 4.69) is 46.9 Å². The van der Waals surface area contributed by atoms with Crippen molar-refractivity contribution < 1.29 is 9.47 Å². The molecule has 1 rings (SSSR count). The quantitative estimate of drug-likeness (QED) is 0.682. The molecule has 0 saturated carbocycles. The first-order valence-electron chi connectivity index (χ1n) is 8.32. The Labute approximate surface area is 146 Å². The van der Waals surface area contributed by atoms with Crippen molar-refractivity contribution in [2.45, 2.75) is 66.5 Å². The first-order valence-corrected chi connectivity index (χ1v) is 8.70. The molecule has 0 aliphatic heterocycles. The molecule has 3 nitrogen and oxygen atoms in total. The Kier molecular flexibility index (Phi) is 7.22. The Hall–Kier alpha value is -0.930. The van der Waals surface area contributed by atoms with E-state index in [1.165, 1.54) is 0 Å². The van der Waals surface area contributed by atoms with Gasteiger partial charge in [-0.1, -0.05) is 39.3 Å². The molecule has 0 saturated heterocycles. The van der Waals surface area contributed by atoms with Crippen molar-refractivity contribution in [1.29, 1.82) is 0 Å². The molecule has 0 aliphatic carbocycles. The third-order valence-corrected chi connectivity index (χ3v) is 3.88. The molecule has 0 radical (unpaired) electrons. The summed E-state index contributed by atoms with van der Waals surface area (Å²) in [5.41, 5.74) is 1.33. The van der Waals surface area contributed by atoms with Crippen LogP contribution in [-0.4, -0.2) is 19.3 Å². The normalized spacial score (nSPS) is 12.3. The molecule has 0 spiro atoms. The zero-order valence-corrected chi connectivity index (χ0v) is 16.4.